The number of halogens is 1. The van der Waals surface area contributed by atoms with Crippen molar-refractivity contribution in [1.82, 2.24) is 4.72 Å². The van der Waals surface area contributed by atoms with Gasteiger partial charge < -0.3 is 9.47 Å². The molecule has 0 aromatic heterocycles. The van der Waals surface area contributed by atoms with Crippen LogP contribution in [0.2, 0.25) is 0 Å². The fourth-order valence-corrected chi connectivity index (χ4v) is 3.67. The molecule has 0 bridgehead atoms. The molecule has 17 heavy (non-hydrogen) atoms. The highest BCUT2D eigenvalue weighted by atomic mass is 79.9. The number of ether oxygens (including phenoxy) is 2. The first kappa shape index (κ1) is 15.4. The first-order chi connectivity index (χ1) is 8.06. The largest absolute Gasteiger partial charge is 0.384 e. The Morgan fingerprint density at radius 1 is 1.47 bits per heavy atom. The lowest BCUT2D eigenvalue weighted by atomic mass is 10.2. The molecule has 102 valence electrons. The van der Waals surface area contributed by atoms with Crippen LogP contribution in [-0.4, -0.2) is 52.0 Å². The zero-order valence-corrected chi connectivity index (χ0v) is 12.4. The van der Waals surface area contributed by atoms with Crippen molar-refractivity contribution in [3.05, 3.63) is 0 Å². The molecule has 0 aromatic carbocycles. The minimum Gasteiger partial charge on any atom is -0.384 e. The molecule has 1 atom stereocenters. The van der Waals surface area contributed by atoms with E-state index in [4.69, 9.17) is 9.47 Å². The summed E-state index contributed by atoms with van der Waals surface area (Å²) in [5, 5.41) is -0.299. The summed E-state index contributed by atoms with van der Waals surface area (Å²) in [6.07, 6.45) is 1.90. The van der Waals surface area contributed by atoms with Gasteiger partial charge in [-0.2, -0.15) is 0 Å². The summed E-state index contributed by atoms with van der Waals surface area (Å²) in [5.41, 5.74) is 0. The van der Waals surface area contributed by atoms with E-state index in [1.165, 1.54) is 0 Å². The second-order valence-electron chi connectivity index (χ2n) is 4.09. The first-order valence-electron chi connectivity index (χ1n) is 5.75. The number of methoxy groups -OCH3 is 1. The third-order valence-electron chi connectivity index (χ3n) is 2.72. The minimum absolute atomic E-state index is 0.185. The first-order valence-corrected chi connectivity index (χ1v) is 8.21. The number of alkyl halides is 1. The van der Waals surface area contributed by atoms with E-state index in [1.54, 1.807) is 7.11 Å². The average Bonchev–Trinajstić information content (AvgIpc) is 2.30. The summed E-state index contributed by atoms with van der Waals surface area (Å²) < 4.78 is 36.6. The third-order valence-corrected chi connectivity index (χ3v) is 5.39. The fraction of sp³-hybridized carbons (Fsp3) is 1.00. The molecule has 1 N–H and O–H groups in total. The molecule has 0 aliphatic carbocycles. The Kier molecular flexibility index (Phi) is 6.94. The molecule has 1 aliphatic rings. The van der Waals surface area contributed by atoms with Gasteiger partial charge in [0.15, 0.2) is 0 Å². The summed E-state index contributed by atoms with van der Waals surface area (Å²) >= 11 is 3.42. The topological polar surface area (TPSA) is 64.6 Å². The molecule has 1 rings (SSSR count). The predicted molar refractivity (Wildman–Crippen MR) is 70.0 cm³/mol. The van der Waals surface area contributed by atoms with Crippen molar-refractivity contribution in [2.24, 2.45) is 0 Å². The number of nitrogens with one attached hydrogen (secondary N) is 1. The quantitative estimate of drug-likeness (QED) is 0.704. The Bertz CT molecular complexity index is 303. The molecule has 0 aromatic rings. The van der Waals surface area contributed by atoms with Crippen molar-refractivity contribution in [3.8, 4) is 0 Å². The van der Waals surface area contributed by atoms with E-state index >= 15 is 0 Å². The van der Waals surface area contributed by atoms with Gasteiger partial charge in [-0.1, -0.05) is 15.9 Å². The van der Waals surface area contributed by atoms with Crippen molar-refractivity contribution in [1.29, 1.82) is 0 Å². The summed E-state index contributed by atoms with van der Waals surface area (Å²) in [6.45, 7) is 2.10. The number of rotatable bonds is 7. The highest BCUT2D eigenvalue weighted by Crippen LogP contribution is 2.15. The van der Waals surface area contributed by atoms with Crippen LogP contribution in [0.25, 0.3) is 0 Å². The normalized spacial score (nSPS) is 20.4. The van der Waals surface area contributed by atoms with E-state index in [2.05, 4.69) is 20.7 Å². The minimum atomic E-state index is -3.19. The van der Waals surface area contributed by atoms with Crippen LogP contribution in [0.15, 0.2) is 0 Å². The molecule has 1 fully saturated rings. The van der Waals surface area contributed by atoms with Gasteiger partial charge in [-0.3, -0.25) is 0 Å². The van der Waals surface area contributed by atoms with Crippen molar-refractivity contribution in [3.63, 3.8) is 0 Å². The van der Waals surface area contributed by atoms with Crippen LogP contribution >= 0.6 is 15.9 Å². The van der Waals surface area contributed by atoms with Crippen LogP contribution in [0.4, 0.5) is 0 Å². The molecular formula is C10H20BrNO4S. The van der Waals surface area contributed by atoms with E-state index in [9.17, 15) is 8.42 Å². The SMILES string of the molecule is COCC(Br)CCNS(=O)(=O)C1CCOCC1. The van der Waals surface area contributed by atoms with Gasteiger partial charge in [0.05, 0.1) is 11.9 Å². The monoisotopic (exact) mass is 329 g/mol. The Hall–Kier alpha value is 0.310. The van der Waals surface area contributed by atoms with E-state index in [0.717, 1.165) is 6.42 Å². The molecule has 1 heterocycles. The molecule has 0 spiro atoms. The van der Waals surface area contributed by atoms with Crippen LogP contribution in [0.1, 0.15) is 19.3 Å². The molecule has 0 saturated carbocycles. The lowest BCUT2D eigenvalue weighted by molar-refractivity contribution is 0.0981. The molecule has 5 nitrogen and oxygen atoms in total. The van der Waals surface area contributed by atoms with Gasteiger partial charge in [-0.25, -0.2) is 13.1 Å². The van der Waals surface area contributed by atoms with Gasteiger partial charge in [0, 0.05) is 31.7 Å². The van der Waals surface area contributed by atoms with Crippen molar-refractivity contribution in [2.45, 2.75) is 29.3 Å². The lowest BCUT2D eigenvalue weighted by Gasteiger charge is -2.22. The fourth-order valence-electron chi connectivity index (χ4n) is 1.73. The summed E-state index contributed by atoms with van der Waals surface area (Å²) in [7, 11) is -1.56. The van der Waals surface area contributed by atoms with Gasteiger partial charge >= 0.3 is 0 Å². The van der Waals surface area contributed by atoms with Gasteiger partial charge in [0.1, 0.15) is 0 Å². The second-order valence-corrected chi connectivity index (χ2v) is 7.43. The number of sulfonamides is 1. The number of hydrogen-bond donors (Lipinski definition) is 1. The Morgan fingerprint density at radius 2 is 2.12 bits per heavy atom. The summed E-state index contributed by atoms with van der Waals surface area (Å²) in [4.78, 5) is 0.185. The summed E-state index contributed by atoms with van der Waals surface area (Å²) in [6, 6.07) is 0. The Labute approximate surface area is 111 Å². The van der Waals surface area contributed by atoms with E-state index in [0.29, 0.717) is 39.2 Å². The zero-order valence-electron chi connectivity index (χ0n) is 10.0. The van der Waals surface area contributed by atoms with Gasteiger partial charge in [-0.15, -0.1) is 0 Å². The molecule has 7 heteroatoms. The highest BCUT2D eigenvalue weighted by molar-refractivity contribution is 9.09. The Balaban J connectivity index is 2.29. The molecule has 0 amide bonds. The van der Waals surface area contributed by atoms with Crippen LogP contribution in [0, 0.1) is 0 Å². The van der Waals surface area contributed by atoms with Crippen LogP contribution in [-0.2, 0) is 19.5 Å². The standard InChI is InChI=1S/C10H20BrNO4S/c1-15-8-9(11)2-5-12-17(13,14)10-3-6-16-7-4-10/h9-10,12H,2-8H2,1H3. The van der Waals surface area contributed by atoms with Crippen molar-refractivity contribution >= 4 is 26.0 Å². The maximum Gasteiger partial charge on any atom is 0.214 e. The summed E-state index contributed by atoms with van der Waals surface area (Å²) in [5.74, 6) is 0. The maximum atomic E-state index is 11.9. The van der Waals surface area contributed by atoms with Crippen LogP contribution in [0.5, 0.6) is 0 Å². The van der Waals surface area contributed by atoms with E-state index in [-0.39, 0.29) is 10.1 Å². The van der Waals surface area contributed by atoms with E-state index in [1.807, 2.05) is 0 Å². The molecular weight excluding hydrogens is 310 g/mol. The van der Waals surface area contributed by atoms with Gasteiger partial charge in [0.25, 0.3) is 0 Å². The molecule has 1 unspecified atom stereocenters. The lowest BCUT2D eigenvalue weighted by Crippen LogP contribution is -2.39. The zero-order chi connectivity index (χ0) is 12.7. The molecule has 0 radical (unpaired) electrons. The highest BCUT2D eigenvalue weighted by Gasteiger charge is 2.27. The van der Waals surface area contributed by atoms with Gasteiger partial charge in [-0.05, 0) is 19.3 Å². The molecule has 1 aliphatic heterocycles. The predicted octanol–water partition coefficient (Wildman–Crippen LogP) is 0.885. The van der Waals surface area contributed by atoms with Crippen molar-refractivity contribution < 1.29 is 17.9 Å². The van der Waals surface area contributed by atoms with E-state index < -0.39 is 10.0 Å². The van der Waals surface area contributed by atoms with Crippen LogP contribution in [0.3, 0.4) is 0 Å². The average molecular weight is 330 g/mol. The maximum absolute atomic E-state index is 11.9. The smallest absolute Gasteiger partial charge is 0.214 e. The molecule has 1 saturated heterocycles. The van der Waals surface area contributed by atoms with Crippen LogP contribution < -0.4 is 4.72 Å². The second kappa shape index (κ2) is 7.68. The third kappa shape index (κ3) is 5.65. The Morgan fingerprint density at radius 3 is 2.71 bits per heavy atom. The van der Waals surface area contributed by atoms with Crippen molar-refractivity contribution in [2.75, 3.05) is 33.5 Å². The van der Waals surface area contributed by atoms with Gasteiger partial charge in [0.2, 0.25) is 10.0 Å². The number of hydrogen-bond acceptors (Lipinski definition) is 4.